The second-order valence-corrected chi connectivity index (χ2v) is 11.5. The van der Waals surface area contributed by atoms with E-state index in [2.05, 4.69) is 44.2 Å². The van der Waals surface area contributed by atoms with Gasteiger partial charge in [0.05, 0.1) is 0 Å². The van der Waals surface area contributed by atoms with Gasteiger partial charge in [-0.2, -0.15) is 0 Å². The van der Waals surface area contributed by atoms with Gasteiger partial charge in [-0.25, -0.2) is 0 Å². The summed E-state index contributed by atoms with van der Waals surface area (Å²) >= 11 is 0. The van der Waals surface area contributed by atoms with E-state index in [-0.39, 0.29) is 35.1 Å². The van der Waals surface area contributed by atoms with Gasteiger partial charge in [-0.05, 0) is 93.0 Å². The summed E-state index contributed by atoms with van der Waals surface area (Å²) in [5.41, 5.74) is 6.71. The molecule has 2 aliphatic rings. The van der Waals surface area contributed by atoms with Crippen LogP contribution in [0.3, 0.4) is 0 Å². The lowest BCUT2D eigenvalue weighted by Gasteiger charge is -2.28. The highest BCUT2D eigenvalue weighted by molar-refractivity contribution is 6.55. The number of Topliss-reactive ketones (excluding diaryl/α,β-unsaturated/α-hetero) is 3. The molecule has 0 amide bonds. The lowest BCUT2D eigenvalue weighted by Crippen LogP contribution is -2.25. The van der Waals surface area contributed by atoms with Crippen molar-refractivity contribution in [3.63, 3.8) is 0 Å². The van der Waals surface area contributed by atoms with E-state index in [0.29, 0.717) is 17.9 Å². The Morgan fingerprint density at radius 3 is 2.24 bits per heavy atom. The third-order valence-corrected chi connectivity index (χ3v) is 8.69. The van der Waals surface area contributed by atoms with E-state index in [4.69, 9.17) is 0 Å². The minimum absolute atomic E-state index is 0.0311. The highest BCUT2D eigenvalue weighted by Gasteiger charge is 2.34. The normalized spacial score (nSPS) is 21.8. The topological polar surface area (TPSA) is 51.2 Å². The lowest BCUT2D eigenvalue weighted by atomic mass is 9.76. The van der Waals surface area contributed by atoms with Gasteiger partial charge in [-0.15, -0.1) is 0 Å². The molecule has 196 valence electrons. The van der Waals surface area contributed by atoms with Gasteiger partial charge < -0.3 is 0 Å². The molecule has 2 atom stereocenters. The van der Waals surface area contributed by atoms with Crippen molar-refractivity contribution in [1.82, 2.24) is 0 Å². The average molecular weight is 499 g/mol. The average Bonchev–Trinajstić information content (AvgIpc) is 3.22. The Kier molecular flexibility index (Phi) is 8.62. The first kappa shape index (κ1) is 27.2. The summed E-state index contributed by atoms with van der Waals surface area (Å²) in [4.78, 5) is 40.0. The number of rotatable bonds is 10. The van der Waals surface area contributed by atoms with Crippen molar-refractivity contribution in [2.75, 3.05) is 0 Å². The predicted molar refractivity (Wildman–Crippen MR) is 151 cm³/mol. The molecule has 37 heavy (non-hydrogen) atoms. The van der Waals surface area contributed by atoms with Crippen molar-refractivity contribution in [1.29, 1.82) is 0 Å². The van der Waals surface area contributed by atoms with E-state index in [1.165, 1.54) is 11.1 Å². The first-order valence-electron chi connectivity index (χ1n) is 14.3. The van der Waals surface area contributed by atoms with Crippen molar-refractivity contribution in [3.8, 4) is 0 Å². The summed E-state index contributed by atoms with van der Waals surface area (Å²) in [6.45, 7) is 10.2. The molecule has 2 aromatic rings. The summed E-state index contributed by atoms with van der Waals surface area (Å²) in [6, 6.07) is 12.8. The molecule has 0 saturated heterocycles. The number of carbonyl (C=O) groups is 3. The molecule has 0 spiro atoms. The molecule has 2 aromatic carbocycles. The molecular weight excluding hydrogens is 456 g/mol. The fourth-order valence-corrected chi connectivity index (χ4v) is 6.33. The van der Waals surface area contributed by atoms with E-state index < -0.39 is 0 Å². The van der Waals surface area contributed by atoms with Gasteiger partial charge in [0, 0.05) is 28.9 Å². The molecule has 0 N–H and O–H groups in total. The monoisotopic (exact) mass is 498 g/mol. The largest absolute Gasteiger partial charge is 0.294 e. The van der Waals surface area contributed by atoms with E-state index in [0.717, 1.165) is 67.2 Å². The van der Waals surface area contributed by atoms with Crippen LogP contribution in [-0.4, -0.2) is 17.3 Å². The number of allylic oxidation sites excluding steroid dienone is 2. The Morgan fingerprint density at radius 1 is 0.946 bits per heavy atom. The Morgan fingerprint density at radius 2 is 1.62 bits per heavy atom. The summed E-state index contributed by atoms with van der Waals surface area (Å²) in [7, 11) is 0. The van der Waals surface area contributed by atoms with Gasteiger partial charge in [0.25, 0.3) is 0 Å². The van der Waals surface area contributed by atoms with Crippen molar-refractivity contribution in [2.24, 2.45) is 17.8 Å². The van der Waals surface area contributed by atoms with Gasteiger partial charge >= 0.3 is 0 Å². The van der Waals surface area contributed by atoms with Gasteiger partial charge in [-0.1, -0.05) is 69.2 Å². The van der Waals surface area contributed by atoms with Crippen LogP contribution < -0.4 is 0 Å². The van der Waals surface area contributed by atoms with Crippen LogP contribution >= 0.6 is 0 Å². The van der Waals surface area contributed by atoms with E-state index in [9.17, 15) is 14.4 Å². The Labute approximate surface area is 222 Å². The molecule has 0 radical (unpaired) electrons. The zero-order valence-electron chi connectivity index (χ0n) is 23.2. The number of carbonyl (C=O) groups excluding carboxylic acids is 3. The van der Waals surface area contributed by atoms with Crippen LogP contribution in [-0.2, 0) is 16.0 Å². The molecule has 1 fully saturated rings. The fourth-order valence-electron chi connectivity index (χ4n) is 6.33. The quantitative estimate of drug-likeness (QED) is 0.246. The molecule has 2 aliphatic carbocycles. The minimum atomic E-state index is -0.384. The molecule has 2 unspecified atom stereocenters. The second-order valence-electron chi connectivity index (χ2n) is 11.5. The van der Waals surface area contributed by atoms with Crippen LogP contribution in [0.5, 0.6) is 0 Å². The van der Waals surface area contributed by atoms with Crippen molar-refractivity contribution >= 4 is 22.9 Å². The summed E-state index contributed by atoms with van der Waals surface area (Å²) in [5.74, 6) is 0.0302. The molecule has 3 nitrogen and oxygen atoms in total. The zero-order valence-corrected chi connectivity index (χ0v) is 23.2. The van der Waals surface area contributed by atoms with Gasteiger partial charge in [0.15, 0.2) is 5.78 Å². The van der Waals surface area contributed by atoms with E-state index in [1.54, 1.807) is 0 Å². The Hall–Kier alpha value is -2.81. The van der Waals surface area contributed by atoms with Crippen molar-refractivity contribution in [3.05, 3.63) is 75.9 Å². The number of benzene rings is 2. The fraction of sp³-hybridized carbons (Fsp3) is 0.500. The predicted octanol–water partition coefficient (Wildman–Crippen LogP) is 8.00. The SMILES string of the molecule is CCCC(CC)C(=O)C(=O)C1=CC(C)c2cc(C)c(C(=O)C3CCC(Cc4ccc(C)cc4)CC3)cc21. The number of hydrogen-bond donors (Lipinski definition) is 0. The molecule has 3 heteroatoms. The summed E-state index contributed by atoms with van der Waals surface area (Å²) in [5, 5.41) is 0. The Bertz CT molecular complexity index is 1190. The molecule has 0 bridgehead atoms. The molecule has 1 saturated carbocycles. The maximum atomic E-state index is 13.7. The molecule has 4 rings (SSSR count). The Balaban J connectivity index is 1.48. The summed E-state index contributed by atoms with van der Waals surface area (Å²) < 4.78 is 0. The minimum Gasteiger partial charge on any atom is -0.294 e. The maximum Gasteiger partial charge on any atom is 0.229 e. The summed E-state index contributed by atoms with van der Waals surface area (Å²) in [6.07, 6.45) is 9.27. The lowest BCUT2D eigenvalue weighted by molar-refractivity contribution is -0.136. The van der Waals surface area contributed by atoms with Gasteiger partial charge in [-0.3, -0.25) is 14.4 Å². The van der Waals surface area contributed by atoms with Crippen LogP contribution in [0.4, 0.5) is 0 Å². The third kappa shape index (κ3) is 5.87. The smallest absolute Gasteiger partial charge is 0.229 e. The molecular formula is C34H42O3. The van der Waals surface area contributed by atoms with Gasteiger partial charge in [0.2, 0.25) is 11.6 Å². The molecule has 0 aromatic heterocycles. The van der Waals surface area contributed by atoms with E-state index in [1.807, 2.05) is 32.9 Å². The molecule has 0 heterocycles. The highest BCUT2D eigenvalue weighted by Crippen LogP contribution is 2.40. The van der Waals surface area contributed by atoms with Crippen LogP contribution in [0, 0.1) is 31.6 Å². The number of ketones is 3. The van der Waals surface area contributed by atoms with E-state index >= 15 is 0 Å². The van der Waals surface area contributed by atoms with Crippen LogP contribution in [0.1, 0.15) is 110 Å². The second kappa shape index (κ2) is 11.7. The zero-order chi connectivity index (χ0) is 26.7. The molecule has 0 aliphatic heterocycles. The van der Waals surface area contributed by atoms with Gasteiger partial charge in [0.1, 0.15) is 0 Å². The highest BCUT2D eigenvalue weighted by atomic mass is 16.2. The number of aryl methyl sites for hydroxylation is 2. The van der Waals surface area contributed by atoms with Crippen LogP contribution in [0.15, 0.2) is 42.5 Å². The van der Waals surface area contributed by atoms with Crippen LogP contribution in [0.25, 0.3) is 5.57 Å². The van der Waals surface area contributed by atoms with Crippen molar-refractivity contribution in [2.45, 2.75) is 91.9 Å². The van der Waals surface area contributed by atoms with Crippen molar-refractivity contribution < 1.29 is 14.4 Å². The number of fused-ring (bicyclic) bond motifs is 1. The first-order chi connectivity index (χ1) is 17.7. The number of hydrogen-bond acceptors (Lipinski definition) is 3. The first-order valence-corrected chi connectivity index (χ1v) is 14.3. The third-order valence-electron chi connectivity index (χ3n) is 8.69. The van der Waals surface area contributed by atoms with Crippen LogP contribution in [0.2, 0.25) is 0 Å². The maximum absolute atomic E-state index is 13.7. The standard InChI is InChI=1S/C34H42O3/c1-6-8-26(7-2)33(36)34(37)31-18-22(4)28-17-23(5)29(20-30(28)31)32(35)27-15-13-25(14-16-27)19-24-11-9-21(3)10-12-24/h9-12,17-18,20,22,25-27H,6-8,13-16,19H2,1-5H3.